The molecule has 1 rings (SSSR count). The minimum Gasteiger partial charge on any atom is -0.387 e. The standard InChI is InChI=1S/C9H18O2/c1-4-11-9(3)7-5-6-8(9,2)10/h10H,4-7H2,1-3H3. The van der Waals surface area contributed by atoms with Crippen LogP contribution in [-0.2, 0) is 4.74 Å². The van der Waals surface area contributed by atoms with E-state index in [1.807, 2.05) is 20.8 Å². The van der Waals surface area contributed by atoms with Crippen LogP contribution in [0.25, 0.3) is 0 Å². The molecule has 2 unspecified atom stereocenters. The Morgan fingerprint density at radius 1 is 1.36 bits per heavy atom. The highest BCUT2D eigenvalue weighted by molar-refractivity contribution is 5.00. The van der Waals surface area contributed by atoms with Crippen LogP contribution in [0.5, 0.6) is 0 Å². The summed E-state index contributed by atoms with van der Waals surface area (Å²) < 4.78 is 5.56. The highest BCUT2D eigenvalue weighted by Crippen LogP contribution is 2.41. The lowest BCUT2D eigenvalue weighted by Crippen LogP contribution is -2.47. The quantitative estimate of drug-likeness (QED) is 0.663. The van der Waals surface area contributed by atoms with E-state index in [1.165, 1.54) is 0 Å². The fourth-order valence-electron chi connectivity index (χ4n) is 1.85. The van der Waals surface area contributed by atoms with Crippen molar-refractivity contribution < 1.29 is 9.84 Å². The van der Waals surface area contributed by atoms with E-state index >= 15 is 0 Å². The van der Waals surface area contributed by atoms with Gasteiger partial charge in [0.25, 0.3) is 0 Å². The van der Waals surface area contributed by atoms with Crippen LogP contribution in [0, 0.1) is 0 Å². The first kappa shape index (κ1) is 9.01. The van der Waals surface area contributed by atoms with Gasteiger partial charge in [-0.25, -0.2) is 0 Å². The number of aliphatic hydroxyl groups is 1. The van der Waals surface area contributed by atoms with Gasteiger partial charge in [0.05, 0.1) is 11.2 Å². The summed E-state index contributed by atoms with van der Waals surface area (Å²) in [5.74, 6) is 0. The van der Waals surface area contributed by atoms with Gasteiger partial charge in [0.15, 0.2) is 0 Å². The maximum Gasteiger partial charge on any atom is 0.0937 e. The van der Waals surface area contributed by atoms with Crippen molar-refractivity contribution in [3.05, 3.63) is 0 Å². The van der Waals surface area contributed by atoms with Gasteiger partial charge in [-0.15, -0.1) is 0 Å². The molecule has 0 saturated heterocycles. The maximum absolute atomic E-state index is 9.92. The highest BCUT2D eigenvalue weighted by atomic mass is 16.5. The molecule has 0 aliphatic heterocycles. The zero-order chi connectivity index (χ0) is 8.54. The van der Waals surface area contributed by atoms with Gasteiger partial charge in [0, 0.05) is 6.61 Å². The van der Waals surface area contributed by atoms with Crippen molar-refractivity contribution in [2.24, 2.45) is 0 Å². The second-order valence-electron chi connectivity index (χ2n) is 3.79. The first-order chi connectivity index (χ1) is 5.02. The second kappa shape index (κ2) is 2.76. The van der Waals surface area contributed by atoms with Crippen LogP contribution >= 0.6 is 0 Å². The lowest BCUT2D eigenvalue weighted by Gasteiger charge is -2.36. The average molecular weight is 158 g/mol. The molecule has 0 spiro atoms. The highest BCUT2D eigenvalue weighted by Gasteiger charge is 2.47. The molecule has 2 heteroatoms. The molecule has 0 aromatic heterocycles. The van der Waals surface area contributed by atoms with Gasteiger partial charge >= 0.3 is 0 Å². The fourth-order valence-corrected chi connectivity index (χ4v) is 1.85. The van der Waals surface area contributed by atoms with Crippen LogP contribution in [-0.4, -0.2) is 22.9 Å². The van der Waals surface area contributed by atoms with Gasteiger partial charge in [-0.1, -0.05) is 0 Å². The van der Waals surface area contributed by atoms with Crippen molar-refractivity contribution in [2.45, 2.75) is 51.2 Å². The summed E-state index contributed by atoms with van der Waals surface area (Å²) in [6.07, 6.45) is 2.92. The lowest BCUT2D eigenvalue weighted by molar-refractivity contribution is -0.144. The molecule has 1 N–H and O–H groups in total. The monoisotopic (exact) mass is 158 g/mol. The molecule has 0 amide bonds. The summed E-state index contributed by atoms with van der Waals surface area (Å²) >= 11 is 0. The molecule has 1 saturated carbocycles. The molecule has 66 valence electrons. The van der Waals surface area contributed by atoms with Gasteiger partial charge in [-0.2, -0.15) is 0 Å². The van der Waals surface area contributed by atoms with E-state index in [1.54, 1.807) is 0 Å². The average Bonchev–Trinajstić information content (AvgIpc) is 2.09. The summed E-state index contributed by atoms with van der Waals surface area (Å²) in [5.41, 5.74) is -0.926. The number of hydrogen-bond acceptors (Lipinski definition) is 2. The minimum absolute atomic E-state index is 0.304. The van der Waals surface area contributed by atoms with E-state index in [-0.39, 0.29) is 5.60 Å². The summed E-state index contributed by atoms with van der Waals surface area (Å²) in [4.78, 5) is 0. The predicted octanol–water partition coefficient (Wildman–Crippen LogP) is 1.72. The van der Waals surface area contributed by atoms with Gasteiger partial charge in [0.2, 0.25) is 0 Å². The molecule has 1 fully saturated rings. The summed E-state index contributed by atoms with van der Waals surface area (Å²) in [6.45, 7) is 6.53. The molecule has 0 heterocycles. The van der Waals surface area contributed by atoms with Crippen molar-refractivity contribution in [2.75, 3.05) is 6.61 Å². The van der Waals surface area contributed by atoms with Crippen molar-refractivity contribution >= 4 is 0 Å². The third-order valence-corrected chi connectivity index (χ3v) is 2.92. The van der Waals surface area contributed by atoms with Crippen LogP contribution in [0.2, 0.25) is 0 Å². The maximum atomic E-state index is 9.92. The molecule has 0 aromatic rings. The SMILES string of the molecule is CCOC1(C)CCCC1(C)O. The third kappa shape index (κ3) is 1.42. The number of ether oxygens (including phenoxy) is 1. The first-order valence-electron chi connectivity index (χ1n) is 4.38. The molecule has 11 heavy (non-hydrogen) atoms. The van der Waals surface area contributed by atoms with Crippen molar-refractivity contribution in [3.8, 4) is 0 Å². The smallest absolute Gasteiger partial charge is 0.0937 e. The molecular formula is C9H18O2. The van der Waals surface area contributed by atoms with E-state index in [4.69, 9.17) is 4.74 Å². The van der Waals surface area contributed by atoms with Crippen molar-refractivity contribution in [3.63, 3.8) is 0 Å². The molecule has 2 atom stereocenters. The lowest BCUT2D eigenvalue weighted by atomic mass is 9.89. The Labute approximate surface area is 68.6 Å². The number of rotatable bonds is 2. The van der Waals surface area contributed by atoms with Crippen molar-refractivity contribution in [1.29, 1.82) is 0 Å². The van der Waals surface area contributed by atoms with Crippen LogP contribution in [0.4, 0.5) is 0 Å². The Bertz CT molecular complexity index is 142. The Kier molecular flexibility index (Phi) is 2.26. The van der Waals surface area contributed by atoms with Crippen LogP contribution in [0.15, 0.2) is 0 Å². The molecular weight excluding hydrogens is 140 g/mol. The Morgan fingerprint density at radius 2 is 2.00 bits per heavy atom. The Morgan fingerprint density at radius 3 is 2.36 bits per heavy atom. The predicted molar refractivity (Wildman–Crippen MR) is 44.5 cm³/mol. The topological polar surface area (TPSA) is 29.5 Å². The van der Waals surface area contributed by atoms with Crippen LogP contribution in [0.3, 0.4) is 0 Å². The zero-order valence-corrected chi connectivity index (χ0v) is 7.68. The van der Waals surface area contributed by atoms with E-state index in [9.17, 15) is 5.11 Å². The molecule has 0 radical (unpaired) electrons. The van der Waals surface area contributed by atoms with Crippen LogP contribution in [0.1, 0.15) is 40.0 Å². The molecule has 2 nitrogen and oxygen atoms in total. The largest absolute Gasteiger partial charge is 0.387 e. The van der Waals surface area contributed by atoms with E-state index in [2.05, 4.69) is 0 Å². The third-order valence-electron chi connectivity index (χ3n) is 2.92. The second-order valence-corrected chi connectivity index (χ2v) is 3.79. The Balaban J connectivity index is 2.68. The fraction of sp³-hybridized carbons (Fsp3) is 1.00. The van der Waals surface area contributed by atoms with E-state index < -0.39 is 5.60 Å². The summed E-state index contributed by atoms with van der Waals surface area (Å²) in [6, 6.07) is 0. The number of hydrogen-bond donors (Lipinski definition) is 1. The molecule has 1 aliphatic rings. The molecule has 1 aliphatic carbocycles. The minimum atomic E-state index is -0.622. The van der Waals surface area contributed by atoms with E-state index in [0.29, 0.717) is 6.61 Å². The normalized spacial score (nSPS) is 44.7. The van der Waals surface area contributed by atoms with E-state index in [0.717, 1.165) is 19.3 Å². The summed E-state index contributed by atoms with van der Waals surface area (Å²) in [5, 5.41) is 9.92. The van der Waals surface area contributed by atoms with Gasteiger partial charge in [-0.3, -0.25) is 0 Å². The van der Waals surface area contributed by atoms with Gasteiger partial charge in [-0.05, 0) is 40.0 Å². The zero-order valence-electron chi connectivity index (χ0n) is 7.68. The van der Waals surface area contributed by atoms with Gasteiger partial charge in [0.1, 0.15) is 0 Å². The Hall–Kier alpha value is -0.0800. The van der Waals surface area contributed by atoms with Crippen LogP contribution < -0.4 is 0 Å². The van der Waals surface area contributed by atoms with Gasteiger partial charge < -0.3 is 9.84 Å². The molecule has 0 bridgehead atoms. The first-order valence-corrected chi connectivity index (χ1v) is 4.38. The van der Waals surface area contributed by atoms with Crippen molar-refractivity contribution in [1.82, 2.24) is 0 Å². The summed E-state index contributed by atoms with van der Waals surface area (Å²) in [7, 11) is 0. The molecule has 0 aromatic carbocycles.